The van der Waals surface area contributed by atoms with Crippen molar-refractivity contribution in [3.05, 3.63) is 47.3 Å². The highest BCUT2D eigenvalue weighted by atomic mass is 16.5. The van der Waals surface area contributed by atoms with Crippen LogP contribution < -0.4 is 4.74 Å². The maximum Gasteiger partial charge on any atom is 0.118 e. The molecular formula is C17H23N3O2. The zero-order valence-corrected chi connectivity index (χ0v) is 13.5. The van der Waals surface area contributed by atoms with E-state index in [1.165, 1.54) is 16.8 Å². The minimum absolute atomic E-state index is 0.375. The molecule has 0 N–H and O–H groups in total. The SMILES string of the molecule is COC[C@@H]1CN(Cc2ccc(OC)cc2)Cc2cnn(C)c21. The molecular weight excluding hydrogens is 278 g/mol. The molecule has 0 saturated carbocycles. The molecule has 0 saturated heterocycles. The Morgan fingerprint density at radius 2 is 2.00 bits per heavy atom. The minimum Gasteiger partial charge on any atom is -0.497 e. The van der Waals surface area contributed by atoms with Crippen LogP contribution >= 0.6 is 0 Å². The summed E-state index contributed by atoms with van der Waals surface area (Å²) in [5.41, 5.74) is 3.92. The van der Waals surface area contributed by atoms with E-state index in [4.69, 9.17) is 9.47 Å². The minimum atomic E-state index is 0.375. The lowest BCUT2D eigenvalue weighted by molar-refractivity contribution is 0.132. The molecule has 1 aliphatic heterocycles. The van der Waals surface area contributed by atoms with Crippen LogP contribution in [0.1, 0.15) is 22.7 Å². The largest absolute Gasteiger partial charge is 0.497 e. The zero-order valence-electron chi connectivity index (χ0n) is 13.5. The Morgan fingerprint density at radius 1 is 1.23 bits per heavy atom. The summed E-state index contributed by atoms with van der Waals surface area (Å²) in [4.78, 5) is 2.45. The van der Waals surface area contributed by atoms with Gasteiger partial charge in [-0.25, -0.2) is 0 Å². The summed E-state index contributed by atoms with van der Waals surface area (Å²) < 4.78 is 12.6. The van der Waals surface area contributed by atoms with Gasteiger partial charge < -0.3 is 9.47 Å². The summed E-state index contributed by atoms with van der Waals surface area (Å²) in [6, 6.07) is 8.29. The predicted molar refractivity (Wildman–Crippen MR) is 84.9 cm³/mol. The van der Waals surface area contributed by atoms with E-state index in [-0.39, 0.29) is 0 Å². The van der Waals surface area contributed by atoms with Gasteiger partial charge in [-0.1, -0.05) is 12.1 Å². The second kappa shape index (κ2) is 6.50. The summed E-state index contributed by atoms with van der Waals surface area (Å²) >= 11 is 0. The summed E-state index contributed by atoms with van der Waals surface area (Å²) in [6.07, 6.45) is 1.98. The van der Waals surface area contributed by atoms with Crippen LogP contribution in [0.2, 0.25) is 0 Å². The molecule has 0 spiro atoms. The van der Waals surface area contributed by atoms with E-state index in [1.54, 1.807) is 14.2 Å². The van der Waals surface area contributed by atoms with Crippen LogP contribution in [0.4, 0.5) is 0 Å². The second-order valence-electron chi connectivity index (χ2n) is 5.85. The summed E-state index contributed by atoms with van der Waals surface area (Å²) in [5.74, 6) is 1.27. The lowest BCUT2D eigenvalue weighted by Crippen LogP contribution is -2.35. The molecule has 1 aromatic heterocycles. The van der Waals surface area contributed by atoms with Gasteiger partial charge in [0.25, 0.3) is 0 Å². The number of benzene rings is 1. The smallest absolute Gasteiger partial charge is 0.118 e. The highest BCUT2D eigenvalue weighted by Gasteiger charge is 2.28. The van der Waals surface area contributed by atoms with E-state index in [0.29, 0.717) is 5.92 Å². The Morgan fingerprint density at radius 3 is 2.68 bits per heavy atom. The molecule has 0 radical (unpaired) electrons. The molecule has 1 atom stereocenters. The van der Waals surface area contributed by atoms with Crippen LogP contribution in [0, 0.1) is 0 Å². The molecule has 0 bridgehead atoms. The van der Waals surface area contributed by atoms with Gasteiger partial charge in [-0.3, -0.25) is 9.58 Å². The number of ether oxygens (including phenoxy) is 2. The normalized spacial score (nSPS) is 18.2. The molecule has 0 unspecified atom stereocenters. The molecule has 0 aliphatic carbocycles. The van der Waals surface area contributed by atoms with E-state index in [0.717, 1.165) is 32.0 Å². The Labute approximate surface area is 131 Å². The first kappa shape index (κ1) is 15.1. The Kier molecular flexibility index (Phi) is 4.45. The van der Waals surface area contributed by atoms with Gasteiger partial charge in [0.2, 0.25) is 0 Å². The molecule has 118 valence electrons. The van der Waals surface area contributed by atoms with Gasteiger partial charge in [-0.2, -0.15) is 5.10 Å². The van der Waals surface area contributed by atoms with E-state index >= 15 is 0 Å². The van der Waals surface area contributed by atoms with Gasteiger partial charge in [0.1, 0.15) is 5.75 Å². The number of aryl methyl sites for hydroxylation is 1. The molecule has 5 heteroatoms. The Hall–Kier alpha value is -1.85. The monoisotopic (exact) mass is 301 g/mol. The third-order valence-electron chi connectivity index (χ3n) is 4.26. The van der Waals surface area contributed by atoms with Gasteiger partial charge in [-0.15, -0.1) is 0 Å². The zero-order chi connectivity index (χ0) is 15.5. The number of hydrogen-bond donors (Lipinski definition) is 0. The van der Waals surface area contributed by atoms with Crippen molar-refractivity contribution in [2.45, 2.75) is 19.0 Å². The molecule has 0 fully saturated rings. The van der Waals surface area contributed by atoms with Gasteiger partial charge in [0.05, 0.1) is 19.9 Å². The van der Waals surface area contributed by atoms with Crippen molar-refractivity contribution in [2.75, 3.05) is 27.4 Å². The van der Waals surface area contributed by atoms with Crippen LogP contribution in [0.5, 0.6) is 5.75 Å². The molecule has 2 heterocycles. The molecule has 5 nitrogen and oxygen atoms in total. The predicted octanol–water partition coefficient (Wildman–Crippen LogP) is 2.17. The number of methoxy groups -OCH3 is 2. The third kappa shape index (κ3) is 3.00. The summed E-state index contributed by atoms with van der Waals surface area (Å²) in [7, 11) is 5.47. The van der Waals surface area contributed by atoms with E-state index in [9.17, 15) is 0 Å². The highest BCUT2D eigenvalue weighted by molar-refractivity contribution is 5.29. The molecule has 2 aromatic rings. The number of rotatable bonds is 5. The van der Waals surface area contributed by atoms with Crippen molar-refractivity contribution in [3.8, 4) is 5.75 Å². The number of fused-ring (bicyclic) bond motifs is 1. The van der Waals surface area contributed by atoms with Crippen molar-refractivity contribution >= 4 is 0 Å². The maximum atomic E-state index is 5.41. The van der Waals surface area contributed by atoms with Gasteiger partial charge >= 0.3 is 0 Å². The van der Waals surface area contributed by atoms with Gasteiger partial charge in [-0.05, 0) is 17.7 Å². The molecule has 1 aliphatic rings. The number of nitrogens with zero attached hydrogens (tertiary/aromatic N) is 3. The fraction of sp³-hybridized carbons (Fsp3) is 0.471. The Bertz CT molecular complexity index is 621. The first-order valence-electron chi connectivity index (χ1n) is 7.56. The highest BCUT2D eigenvalue weighted by Crippen LogP contribution is 2.29. The van der Waals surface area contributed by atoms with Crippen LogP contribution in [-0.4, -0.2) is 42.1 Å². The number of hydrogen-bond acceptors (Lipinski definition) is 4. The van der Waals surface area contributed by atoms with E-state index in [1.807, 2.05) is 30.1 Å². The fourth-order valence-electron chi connectivity index (χ4n) is 3.29. The lowest BCUT2D eigenvalue weighted by atomic mass is 9.96. The van der Waals surface area contributed by atoms with E-state index < -0.39 is 0 Å². The average Bonchev–Trinajstić information content (AvgIpc) is 2.90. The van der Waals surface area contributed by atoms with Crippen LogP contribution in [0.3, 0.4) is 0 Å². The van der Waals surface area contributed by atoms with Crippen molar-refractivity contribution in [1.82, 2.24) is 14.7 Å². The summed E-state index contributed by atoms with van der Waals surface area (Å²) in [6.45, 7) is 3.59. The van der Waals surface area contributed by atoms with Crippen LogP contribution in [-0.2, 0) is 24.9 Å². The van der Waals surface area contributed by atoms with Crippen LogP contribution in [0.15, 0.2) is 30.5 Å². The maximum absolute atomic E-state index is 5.41. The molecule has 0 amide bonds. The third-order valence-corrected chi connectivity index (χ3v) is 4.26. The van der Waals surface area contributed by atoms with Gasteiger partial charge in [0.15, 0.2) is 0 Å². The quantitative estimate of drug-likeness (QED) is 0.848. The average molecular weight is 301 g/mol. The van der Waals surface area contributed by atoms with Crippen molar-refractivity contribution in [3.63, 3.8) is 0 Å². The number of aromatic nitrogens is 2. The summed E-state index contributed by atoms with van der Waals surface area (Å²) in [5, 5.41) is 4.41. The van der Waals surface area contributed by atoms with Crippen LogP contribution in [0.25, 0.3) is 0 Å². The first-order valence-corrected chi connectivity index (χ1v) is 7.56. The molecule has 1 aromatic carbocycles. The van der Waals surface area contributed by atoms with Gasteiger partial charge in [0, 0.05) is 51.0 Å². The standard InChI is InChI=1S/C17H23N3O2/c1-19-17-14(8-18-19)10-20(11-15(17)12-21-2)9-13-4-6-16(22-3)7-5-13/h4-8,15H,9-12H2,1-3H3/t15-/m0/s1. The van der Waals surface area contributed by atoms with Crippen molar-refractivity contribution in [2.24, 2.45) is 7.05 Å². The lowest BCUT2D eigenvalue weighted by Gasteiger charge is -2.32. The molecule has 22 heavy (non-hydrogen) atoms. The fourth-order valence-corrected chi connectivity index (χ4v) is 3.29. The Balaban J connectivity index is 1.75. The first-order chi connectivity index (χ1) is 10.7. The second-order valence-corrected chi connectivity index (χ2v) is 5.85. The van der Waals surface area contributed by atoms with E-state index in [2.05, 4.69) is 22.1 Å². The molecule has 3 rings (SSSR count). The van der Waals surface area contributed by atoms with Crippen molar-refractivity contribution < 1.29 is 9.47 Å². The van der Waals surface area contributed by atoms with Crippen molar-refractivity contribution in [1.29, 1.82) is 0 Å². The topological polar surface area (TPSA) is 39.5 Å².